The number of carbonyl (C=O) groups excluding carboxylic acids is 2. The standard InChI is InChI=1S/C41H61NO4/c1-26(2)30-16-22-41(36(44)42-25-19-28-10-12-29(45-9)13-11-28)24-23-39(7)31(35(30)41)14-15-33-38(6)20-18-34(46-27(3)43)37(4,5)32(38)17-21-40(33,39)8/h10-13,30-35H,1,14-25H2,2-9H3,(H,42,44)/t30-,31+,32-,33+,34-,35+,38-,39+,40+,41-/m0/s1. The Hall–Kier alpha value is -2.30. The van der Waals surface area contributed by atoms with Gasteiger partial charge in [0.15, 0.2) is 0 Å². The van der Waals surface area contributed by atoms with E-state index in [2.05, 4.69) is 65.6 Å². The molecule has 5 saturated carbocycles. The summed E-state index contributed by atoms with van der Waals surface area (Å²) in [6.45, 7) is 21.6. The SMILES string of the molecule is C=C(C)[C@@H]1CC[C@]2(C(=O)NCCc3ccc(OC)cc3)CC[C@]3(C)[C@H](CC[C@@H]4[C@@]5(C)CC[C@H](OC(C)=O)C(C)(C)[C@@H]5CC[C@]43C)[C@@H]12. The summed E-state index contributed by atoms with van der Waals surface area (Å²) < 4.78 is 11.3. The molecule has 5 heteroatoms. The number of ether oxygens (including phenoxy) is 2. The van der Waals surface area contributed by atoms with Crippen LogP contribution in [0.3, 0.4) is 0 Å². The molecule has 5 nitrogen and oxygen atoms in total. The second kappa shape index (κ2) is 11.7. The van der Waals surface area contributed by atoms with E-state index in [0.29, 0.717) is 42.0 Å². The summed E-state index contributed by atoms with van der Waals surface area (Å²) in [4.78, 5) is 26.5. The Bertz CT molecular complexity index is 1350. The second-order valence-corrected chi connectivity index (χ2v) is 17.7. The molecule has 0 bridgehead atoms. The lowest BCUT2D eigenvalue weighted by atomic mass is 9.32. The molecule has 0 saturated heterocycles. The van der Waals surface area contributed by atoms with Gasteiger partial charge in [-0.25, -0.2) is 0 Å². The van der Waals surface area contributed by atoms with Gasteiger partial charge in [-0.1, -0.05) is 58.9 Å². The number of nitrogens with one attached hydrogen (secondary N) is 1. The fourth-order valence-electron chi connectivity index (χ4n) is 13.2. The van der Waals surface area contributed by atoms with Crippen molar-refractivity contribution in [2.45, 2.75) is 125 Å². The van der Waals surface area contributed by atoms with Gasteiger partial charge in [0.05, 0.1) is 12.5 Å². The van der Waals surface area contributed by atoms with Crippen LogP contribution in [0.2, 0.25) is 0 Å². The summed E-state index contributed by atoms with van der Waals surface area (Å²) in [5.74, 6) is 3.52. The molecular weight excluding hydrogens is 570 g/mol. The van der Waals surface area contributed by atoms with Crippen LogP contribution in [0.5, 0.6) is 5.75 Å². The van der Waals surface area contributed by atoms with Gasteiger partial charge in [-0.05, 0) is 141 Å². The van der Waals surface area contributed by atoms with Crippen LogP contribution in [0.1, 0.15) is 118 Å². The maximum absolute atomic E-state index is 14.4. The molecule has 254 valence electrons. The molecule has 5 aliphatic carbocycles. The van der Waals surface area contributed by atoms with Crippen molar-refractivity contribution in [3.63, 3.8) is 0 Å². The van der Waals surface area contributed by atoms with Gasteiger partial charge in [-0.3, -0.25) is 9.59 Å². The van der Waals surface area contributed by atoms with Crippen LogP contribution in [0.25, 0.3) is 0 Å². The Morgan fingerprint density at radius 3 is 2.22 bits per heavy atom. The Balaban J connectivity index is 1.26. The number of benzene rings is 1. The van der Waals surface area contributed by atoms with Crippen LogP contribution in [0.4, 0.5) is 0 Å². The third kappa shape index (κ3) is 4.90. The zero-order chi connectivity index (χ0) is 33.3. The number of carbonyl (C=O) groups is 2. The van der Waals surface area contributed by atoms with E-state index in [4.69, 9.17) is 9.47 Å². The van der Waals surface area contributed by atoms with Crippen LogP contribution < -0.4 is 10.1 Å². The highest BCUT2D eigenvalue weighted by molar-refractivity contribution is 5.84. The molecule has 6 rings (SSSR count). The Morgan fingerprint density at radius 2 is 1.57 bits per heavy atom. The van der Waals surface area contributed by atoms with Crippen LogP contribution >= 0.6 is 0 Å². The fraction of sp³-hybridized carbons (Fsp3) is 0.756. The maximum Gasteiger partial charge on any atom is 0.302 e. The van der Waals surface area contributed by atoms with Crippen molar-refractivity contribution in [2.75, 3.05) is 13.7 Å². The van der Waals surface area contributed by atoms with Gasteiger partial charge in [-0.15, -0.1) is 0 Å². The predicted molar refractivity (Wildman–Crippen MR) is 184 cm³/mol. The van der Waals surface area contributed by atoms with Crippen LogP contribution in [0, 0.1) is 56.7 Å². The van der Waals surface area contributed by atoms with Gasteiger partial charge in [-0.2, -0.15) is 0 Å². The molecule has 5 aliphatic rings. The van der Waals surface area contributed by atoms with Gasteiger partial charge < -0.3 is 14.8 Å². The Morgan fingerprint density at radius 1 is 0.848 bits per heavy atom. The van der Waals surface area contributed by atoms with E-state index in [9.17, 15) is 9.59 Å². The third-order valence-electron chi connectivity index (χ3n) is 15.6. The number of methoxy groups -OCH3 is 1. The van der Waals surface area contributed by atoms with Crippen molar-refractivity contribution in [2.24, 2.45) is 56.7 Å². The second-order valence-electron chi connectivity index (χ2n) is 17.7. The number of fused-ring (bicyclic) bond motifs is 7. The average Bonchev–Trinajstić information content (AvgIpc) is 3.40. The monoisotopic (exact) mass is 631 g/mol. The largest absolute Gasteiger partial charge is 0.497 e. The van der Waals surface area contributed by atoms with E-state index in [0.717, 1.165) is 50.7 Å². The zero-order valence-corrected chi connectivity index (χ0v) is 30.1. The molecule has 0 aliphatic heterocycles. The molecule has 1 aromatic carbocycles. The minimum atomic E-state index is -0.290. The van der Waals surface area contributed by atoms with E-state index >= 15 is 0 Å². The highest BCUT2D eigenvalue weighted by Crippen LogP contribution is 2.77. The van der Waals surface area contributed by atoms with Gasteiger partial charge in [0, 0.05) is 18.9 Å². The van der Waals surface area contributed by atoms with Crippen molar-refractivity contribution in [1.82, 2.24) is 5.32 Å². The number of amides is 1. The number of esters is 1. The molecule has 1 aromatic rings. The molecule has 0 aromatic heterocycles. The zero-order valence-electron chi connectivity index (χ0n) is 30.1. The van der Waals surface area contributed by atoms with Gasteiger partial charge >= 0.3 is 5.97 Å². The molecule has 10 atom stereocenters. The summed E-state index contributed by atoms with van der Waals surface area (Å²) >= 11 is 0. The number of hydrogen-bond acceptors (Lipinski definition) is 4. The maximum atomic E-state index is 14.4. The van der Waals surface area contributed by atoms with E-state index in [-0.39, 0.29) is 39.1 Å². The first-order chi connectivity index (χ1) is 21.6. The van der Waals surface area contributed by atoms with Crippen molar-refractivity contribution in [3.8, 4) is 5.75 Å². The average molecular weight is 632 g/mol. The van der Waals surface area contributed by atoms with Gasteiger partial charge in [0.2, 0.25) is 5.91 Å². The summed E-state index contributed by atoms with van der Waals surface area (Å²) in [6, 6.07) is 8.20. The lowest BCUT2D eigenvalue weighted by Gasteiger charge is -2.72. The van der Waals surface area contributed by atoms with Gasteiger partial charge in [0.1, 0.15) is 11.9 Å². The van der Waals surface area contributed by atoms with Crippen molar-refractivity contribution in [1.29, 1.82) is 0 Å². The minimum Gasteiger partial charge on any atom is -0.497 e. The van der Waals surface area contributed by atoms with Crippen LogP contribution in [-0.4, -0.2) is 31.6 Å². The Kier molecular flexibility index (Phi) is 8.54. The highest BCUT2D eigenvalue weighted by atomic mass is 16.5. The summed E-state index contributed by atoms with van der Waals surface area (Å²) in [7, 11) is 1.69. The lowest BCUT2D eigenvalue weighted by molar-refractivity contribution is -0.248. The topological polar surface area (TPSA) is 64.6 Å². The lowest BCUT2D eigenvalue weighted by Crippen LogP contribution is -2.67. The predicted octanol–water partition coefficient (Wildman–Crippen LogP) is 8.94. The molecule has 1 N–H and O–H groups in total. The first kappa shape index (κ1) is 33.6. The normalized spacial score (nSPS) is 42.4. The Labute approximate surface area is 279 Å². The first-order valence-electron chi connectivity index (χ1n) is 18.4. The van der Waals surface area contributed by atoms with E-state index in [1.165, 1.54) is 36.8 Å². The molecule has 0 spiro atoms. The highest BCUT2D eigenvalue weighted by Gasteiger charge is 2.72. The van der Waals surface area contributed by atoms with E-state index in [1.54, 1.807) is 14.0 Å². The van der Waals surface area contributed by atoms with E-state index < -0.39 is 0 Å². The van der Waals surface area contributed by atoms with Crippen LogP contribution in [0.15, 0.2) is 36.4 Å². The molecule has 0 radical (unpaired) electrons. The molecule has 0 heterocycles. The van der Waals surface area contributed by atoms with Crippen molar-refractivity contribution >= 4 is 11.9 Å². The number of hydrogen-bond donors (Lipinski definition) is 1. The number of allylic oxidation sites excluding steroid dienone is 1. The van der Waals surface area contributed by atoms with Gasteiger partial charge in [0.25, 0.3) is 0 Å². The first-order valence-corrected chi connectivity index (χ1v) is 18.4. The molecule has 0 unspecified atom stereocenters. The van der Waals surface area contributed by atoms with Crippen molar-refractivity contribution < 1.29 is 19.1 Å². The summed E-state index contributed by atoms with van der Waals surface area (Å²) in [5.41, 5.74) is 2.83. The van der Waals surface area contributed by atoms with Crippen LogP contribution in [-0.2, 0) is 20.7 Å². The van der Waals surface area contributed by atoms with E-state index in [1.807, 2.05) is 12.1 Å². The fourth-order valence-corrected chi connectivity index (χ4v) is 13.2. The number of rotatable bonds is 7. The van der Waals surface area contributed by atoms with Crippen molar-refractivity contribution in [3.05, 3.63) is 42.0 Å². The molecule has 46 heavy (non-hydrogen) atoms. The molecule has 5 fully saturated rings. The quantitative estimate of drug-likeness (QED) is 0.241. The third-order valence-corrected chi connectivity index (χ3v) is 15.6. The molecular formula is C41H61NO4. The molecule has 1 amide bonds. The summed E-state index contributed by atoms with van der Waals surface area (Å²) in [5, 5.41) is 3.46. The smallest absolute Gasteiger partial charge is 0.302 e. The summed E-state index contributed by atoms with van der Waals surface area (Å²) in [6.07, 6.45) is 12.0. The minimum absolute atomic E-state index is 0.00713.